The minimum atomic E-state index is -0.0101. The smallest absolute Gasteiger partial charge is 0.150 e. The van der Waals surface area contributed by atoms with Gasteiger partial charge in [-0.15, -0.1) is 11.6 Å². The third kappa shape index (κ3) is 3.69. The number of alkyl halides is 1. The maximum absolute atomic E-state index is 11.0. The van der Waals surface area contributed by atoms with E-state index in [1.54, 1.807) is 0 Å². The summed E-state index contributed by atoms with van der Waals surface area (Å²) in [5.41, 5.74) is 1.95. The van der Waals surface area contributed by atoms with Crippen LogP contribution in [0.4, 0.5) is 0 Å². The molecule has 0 radical (unpaired) electrons. The van der Waals surface area contributed by atoms with E-state index in [0.717, 1.165) is 21.9 Å². The molecule has 0 spiro atoms. The number of benzene rings is 1. The number of halogens is 2. The van der Waals surface area contributed by atoms with Gasteiger partial charge in [-0.2, -0.15) is 0 Å². The topological polar surface area (TPSA) is 26.3 Å². The van der Waals surface area contributed by atoms with Gasteiger partial charge in [0.15, 0.2) is 5.78 Å². The van der Waals surface area contributed by atoms with Gasteiger partial charge >= 0.3 is 0 Å². The second kappa shape index (κ2) is 6.12. The van der Waals surface area contributed by atoms with Crippen molar-refractivity contribution in [1.82, 2.24) is 0 Å². The fourth-order valence-corrected chi connectivity index (χ4v) is 1.58. The molecule has 1 rings (SSSR count). The Hall–Kier alpha value is -0.730. The molecule has 1 aromatic carbocycles. The molecule has 0 atom stereocenters. The fraction of sp³-hybridized carbons (Fsp3) is 0.417. The first kappa shape index (κ1) is 13.3. The zero-order valence-electron chi connectivity index (χ0n) is 9.35. The quantitative estimate of drug-likeness (QED) is 0.758. The Morgan fingerprint density at radius 3 is 2.38 bits per heavy atom. The van der Waals surface area contributed by atoms with E-state index >= 15 is 0 Å². The molecule has 0 saturated heterocycles. The average Bonchev–Trinajstić information content (AvgIpc) is 2.25. The second-order valence-electron chi connectivity index (χ2n) is 3.64. The van der Waals surface area contributed by atoms with E-state index in [1.807, 2.05) is 26.0 Å². The molecule has 0 fully saturated rings. The van der Waals surface area contributed by atoms with Gasteiger partial charge in [0.2, 0.25) is 0 Å². The van der Waals surface area contributed by atoms with E-state index in [1.165, 1.54) is 0 Å². The molecule has 0 saturated carbocycles. The van der Waals surface area contributed by atoms with Crippen LogP contribution >= 0.6 is 23.2 Å². The van der Waals surface area contributed by atoms with E-state index in [9.17, 15) is 4.79 Å². The Balaban J connectivity index is 2.58. The Labute approximate surface area is 106 Å². The lowest BCUT2D eigenvalue weighted by atomic mass is 10.1. The van der Waals surface area contributed by atoms with Gasteiger partial charge in [-0.25, -0.2) is 0 Å². The number of aryl methyl sites for hydroxylation is 2. The monoisotopic (exact) mass is 260 g/mol. The molecule has 88 valence electrons. The van der Waals surface area contributed by atoms with Crippen LogP contribution in [0.15, 0.2) is 12.1 Å². The maximum Gasteiger partial charge on any atom is 0.150 e. The third-order valence-corrected chi connectivity index (χ3v) is 3.10. The molecule has 0 aliphatic carbocycles. The first-order chi connectivity index (χ1) is 7.54. The molecule has 0 aliphatic rings. The Bertz CT molecular complexity index is 366. The summed E-state index contributed by atoms with van der Waals surface area (Å²) in [4.78, 5) is 11.0. The van der Waals surface area contributed by atoms with Crippen molar-refractivity contribution in [2.75, 3.05) is 12.5 Å². The molecule has 0 aliphatic heterocycles. The largest absolute Gasteiger partial charge is 0.493 e. The summed E-state index contributed by atoms with van der Waals surface area (Å²) < 4.78 is 5.46. The molecule has 1 aromatic rings. The highest BCUT2D eigenvalue weighted by Crippen LogP contribution is 2.25. The molecule has 4 heteroatoms. The predicted molar refractivity (Wildman–Crippen MR) is 66.8 cm³/mol. The minimum Gasteiger partial charge on any atom is -0.493 e. The molecule has 0 N–H and O–H groups in total. The normalized spacial score (nSPS) is 10.2. The molecule has 0 amide bonds. The maximum atomic E-state index is 11.0. The van der Waals surface area contributed by atoms with E-state index in [4.69, 9.17) is 27.9 Å². The molecule has 0 heterocycles. The second-order valence-corrected chi connectivity index (χ2v) is 4.29. The zero-order chi connectivity index (χ0) is 12.1. The van der Waals surface area contributed by atoms with Gasteiger partial charge < -0.3 is 4.74 Å². The first-order valence-corrected chi connectivity index (χ1v) is 5.93. The van der Waals surface area contributed by atoms with Crippen molar-refractivity contribution in [2.45, 2.75) is 20.3 Å². The van der Waals surface area contributed by atoms with Crippen molar-refractivity contribution in [2.24, 2.45) is 0 Å². The van der Waals surface area contributed by atoms with E-state index in [0.29, 0.717) is 13.0 Å². The van der Waals surface area contributed by atoms with Crippen LogP contribution in [-0.4, -0.2) is 18.3 Å². The number of carbonyl (C=O) groups is 1. The van der Waals surface area contributed by atoms with Crippen molar-refractivity contribution in [3.05, 3.63) is 28.3 Å². The summed E-state index contributed by atoms with van der Waals surface area (Å²) in [6.07, 6.45) is 0.338. The molecule has 0 unspecified atom stereocenters. The lowest BCUT2D eigenvalue weighted by Crippen LogP contribution is -2.07. The van der Waals surface area contributed by atoms with Crippen molar-refractivity contribution < 1.29 is 9.53 Å². The highest BCUT2D eigenvalue weighted by Gasteiger charge is 2.04. The average molecular weight is 261 g/mol. The highest BCUT2D eigenvalue weighted by atomic mass is 35.5. The number of rotatable bonds is 5. The van der Waals surface area contributed by atoms with Crippen molar-refractivity contribution in [3.63, 3.8) is 0 Å². The molecule has 0 aromatic heterocycles. The standard InChI is InChI=1S/C12H14Cl2O2/c1-8-5-11(6-9(2)12(8)14)16-4-3-10(15)7-13/h5-6H,3-4,7H2,1-2H3. The Morgan fingerprint density at radius 1 is 1.31 bits per heavy atom. The summed E-state index contributed by atoms with van der Waals surface area (Å²) in [6, 6.07) is 3.72. The van der Waals surface area contributed by atoms with Crippen LogP contribution in [0.3, 0.4) is 0 Å². The van der Waals surface area contributed by atoms with Gasteiger partial charge in [-0.05, 0) is 37.1 Å². The van der Waals surface area contributed by atoms with Crippen LogP contribution in [0, 0.1) is 13.8 Å². The summed E-state index contributed by atoms with van der Waals surface area (Å²) >= 11 is 11.4. The van der Waals surface area contributed by atoms with Gasteiger partial charge in [0.05, 0.1) is 12.5 Å². The predicted octanol–water partition coefficient (Wildman–Crippen LogP) is 3.53. The number of hydrogen-bond acceptors (Lipinski definition) is 2. The van der Waals surface area contributed by atoms with Crippen LogP contribution in [-0.2, 0) is 4.79 Å². The van der Waals surface area contributed by atoms with Gasteiger partial charge in [0.1, 0.15) is 5.75 Å². The van der Waals surface area contributed by atoms with Crippen molar-refractivity contribution in [3.8, 4) is 5.75 Å². The molecular formula is C12H14Cl2O2. The molecular weight excluding hydrogens is 247 g/mol. The van der Waals surface area contributed by atoms with E-state index < -0.39 is 0 Å². The number of hydrogen-bond donors (Lipinski definition) is 0. The number of ketones is 1. The first-order valence-electron chi connectivity index (χ1n) is 5.01. The van der Waals surface area contributed by atoms with Gasteiger partial charge in [-0.3, -0.25) is 4.79 Å². The van der Waals surface area contributed by atoms with Gasteiger partial charge in [0.25, 0.3) is 0 Å². The molecule has 2 nitrogen and oxygen atoms in total. The SMILES string of the molecule is Cc1cc(OCCC(=O)CCl)cc(C)c1Cl. The molecule has 0 bridgehead atoms. The van der Waals surface area contributed by atoms with Gasteiger partial charge in [0, 0.05) is 11.4 Å². The van der Waals surface area contributed by atoms with Crippen LogP contribution in [0.25, 0.3) is 0 Å². The third-order valence-electron chi connectivity index (χ3n) is 2.21. The summed E-state index contributed by atoms with van der Waals surface area (Å²) in [6.45, 7) is 4.20. The van der Waals surface area contributed by atoms with Crippen LogP contribution < -0.4 is 4.74 Å². The van der Waals surface area contributed by atoms with Crippen LogP contribution in [0.2, 0.25) is 5.02 Å². The van der Waals surface area contributed by atoms with Crippen molar-refractivity contribution in [1.29, 1.82) is 0 Å². The zero-order valence-corrected chi connectivity index (χ0v) is 10.9. The van der Waals surface area contributed by atoms with Crippen LogP contribution in [0.1, 0.15) is 17.5 Å². The lowest BCUT2D eigenvalue weighted by Gasteiger charge is -2.09. The molecule has 16 heavy (non-hydrogen) atoms. The fourth-order valence-electron chi connectivity index (χ4n) is 1.34. The Kier molecular flexibility index (Phi) is 5.10. The summed E-state index contributed by atoms with van der Waals surface area (Å²) in [7, 11) is 0. The van der Waals surface area contributed by atoms with E-state index in [-0.39, 0.29) is 11.7 Å². The van der Waals surface area contributed by atoms with Crippen molar-refractivity contribution >= 4 is 29.0 Å². The van der Waals surface area contributed by atoms with Crippen LogP contribution in [0.5, 0.6) is 5.75 Å². The van der Waals surface area contributed by atoms with E-state index in [2.05, 4.69) is 0 Å². The minimum absolute atomic E-state index is 0.0101. The number of carbonyl (C=O) groups excluding carboxylic acids is 1. The summed E-state index contributed by atoms with van der Waals surface area (Å²) in [5.74, 6) is 0.771. The van der Waals surface area contributed by atoms with Gasteiger partial charge in [-0.1, -0.05) is 11.6 Å². The Morgan fingerprint density at radius 2 is 1.88 bits per heavy atom. The number of ether oxygens (including phenoxy) is 1. The number of Topliss-reactive ketones (excluding diaryl/α,β-unsaturated/α-hetero) is 1. The summed E-state index contributed by atoms with van der Waals surface area (Å²) in [5, 5.41) is 0.754. The highest BCUT2D eigenvalue weighted by molar-refractivity contribution is 6.32. The lowest BCUT2D eigenvalue weighted by molar-refractivity contribution is -0.117.